The first-order valence-electron chi connectivity index (χ1n) is 7.89. The summed E-state index contributed by atoms with van der Waals surface area (Å²) in [5.41, 5.74) is 0.987. The summed E-state index contributed by atoms with van der Waals surface area (Å²) in [6.07, 6.45) is 0. The summed E-state index contributed by atoms with van der Waals surface area (Å²) >= 11 is 2.69. The highest BCUT2D eigenvalue weighted by Gasteiger charge is 2.08. The molecule has 0 fully saturated rings. The Morgan fingerprint density at radius 2 is 1.74 bits per heavy atom. The zero-order valence-electron chi connectivity index (χ0n) is 14.2. The normalized spacial score (nSPS) is 10.4. The zero-order chi connectivity index (χ0) is 19.2. The fourth-order valence-corrected chi connectivity index (χ4v) is 3.40. The molecule has 1 heterocycles. The van der Waals surface area contributed by atoms with Gasteiger partial charge in [-0.05, 0) is 55.5 Å². The number of aryl methyl sites for hydroxylation is 1. The van der Waals surface area contributed by atoms with Gasteiger partial charge in [-0.3, -0.25) is 14.9 Å². The number of benzene rings is 2. The van der Waals surface area contributed by atoms with E-state index in [9.17, 15) is 14.0 Å². The van der Waals surface area contributed by atoms with Crippen LogP contribution in [0.2, 0.25) is 0 Å². The molecule has 0 radical (unpaired) electrons. The Balaban J connectivity index is 1.50. The molecule has 6 nitrogen and oxygen atoms in total. The number of hydrogen-bond donors (Lipinski definition) is 2. The van der Waals surface area contributed by atoms with Crippen molar-refractivity contribution in [1.29, 1.82) is 0 Å². The molecule has 3 rings (SSSR count). The third kappa shape index (κ3) is 5.60. The number of aromatic nitrogens is 2. The summed E-state index contributed by atoms with van der Waals surface area (Å²) in [6.45, 7) is 1.82. The van der Waals surface area contributed by atoms with Crippen LogP contribution in [0.4, 0.5) is 15.2 Å². The monoisotopic (exact) mass is 402 g/mol. The second kappa shape index (κ2) is 8.74. The molecule has 27 heavy (non-hydrogen) atoms. The number of anilines is 2. The lowest BCUT2D eigenvalue weighted by Crippen LogP contribution is -2.13. The zero-order valence-corrected chi connectivity index (χ0v) is 15.9. The maximum absolute atomic E-state index is 12.9. The van der Waals surface area contributed by atoms with E-state index in [4.69, 9.17) is 0 Å². The summed E-state index contributed by atoms with van der Waals surface area (Å²) in [5.74, 6) is -0.634. The number of hydrogen-bond acceptors (Lipinski definition) is 6. The molecule has 0 aliphatic heterocycles. The molecule has 0 saturated carbocycles. The van der Waals surface area contributed by atoms with Crippen molar-refractivity contribution in [3.05, 3.63) is 64.9 Å². The van der Waals surface area contributed by atoms with Crippen LogP contribution < -0.4 is 10.6 Å². The van der Waals surface area contributed by atoms with E-state index < -0.39 is 5.82 Å². The minimum Gasteiger partial charge on any atom is -0.322 e. The maximum atomic E-state index is 12.9. The molecule has 0 atom stereocenters. The first-order chi connectivity index (χ1) is 13.0. The molecule has 0 aliphatic carbocycles. The second-order valence-corrected chi connectivity index (χ2v) is 7.68. The molecule has 9 heteroatoms. The number of halogens is 1. The Kier molecular flexibility index (Phi) is 6.15. The van der Waals surface area contributed by atoms with Crippen molar-refractivity contribution in [1.82, 2.24) is 10.2 Å². The van der Waals surface area contributed by atoms with Crippen molar-refractivity contribution in [2.24, 2.45) is 0 Å². The van der Waals surface area contributed by atoms with Crippen LogP contribution in [0.1, 0.15) is 15.4 Å². The highest BCUT2D eigenvalue weighted by atomic mass is 32.2. The Labute approximate surface area is 163 Å². The molecule has 0 saturated heterocycles. The minimum atomic E-state index is -0.391. The van der Waals surface area contributed by atoms with Crippen molar-refractivity contribution >= 4 is 45.7 Å². The van der Waals surface area contributed by atoms with E-state index in [2.05, 4.69) is 20.8 Å². The van der Waals surface area contributed by atoms with E-state index in [0.29, 0.717) is 16.4 Å². The standard InChI is InChI=1S/C18H15FN4O2S2/c1-11-22-23-18(27-11)21-16(24)10-26-15-8-6-14(7-9-15)20-17(25)12-2-4-13(19)5-3-12/h2-9H,10H2,1H3,(H,20,25)(H,21,23,24). The van der Waals surface area contributed by atoms with Crippen molar-refractivity contribution in [3.8, 4) is 0 Å². The molecule has 2 aromatic carbocycles. The van der Waals surface area contributed by atoms with Crippen LogP contribution in [0, 0.1) is 12.7 Å². The van der Waals surface area contributed by atoms with Crippen molar-refractivity contribution in [3.63, 3.8) is 0 Å². The van der Waals surface area contributed by atoms with Gasteiger partial charge < -0.3 is 5.32 Å². The third-order valence-corrected chi connectivity index (χ3v) is 5.13. The minimum absolute atomic E-state index is 0.162. The maximum Gasteiger partial charge on any atom is 0.255 e. The summed E-state index contributed by atoms with van der Waals surface area (Å²) in [6, 6.07) is 12.4. The molecule has 0 unspecified atom stereocenters. The van der Waals surface area contributed by atoms with Gasteiger partial charge in [-0.15, -0.1) is 22.0 Å². The largest absolute Gasteiger partial charge is 0.322 e. The molecule has 2 N–H and O–H groups in total. The molecule has 0 bridgehead atoms. The molecule has 0 spiro atoms. The average molecular weight is 402 g/mol. The van der Waals surface area contributed by atoms with Crippen LogP contribution in [-0.2, 0) is 4.79 Å². The van der Waals surface area contributed by atoms with E-state index in [1.807, 2.05) is 19.1 Å². The van der Waals surface area contributed by atoms with Gasteiger partial charge in [-0.2, -0.15) is 0 Å². The van der Waals surface area contributed by atoms with Crippen LogP contribution in [-0.4, -0.2) is 27.8 Å². The highest BCUT2D eigenvalue weighted by molar-refractivity contribution is 8.00. The van der Waals surface area contributed by atoms with Gasteiger partial charge in [0.2, 0.25) is 11.0 Å². The smallest absolute Gasteiger partial charge is 0.255 e. The van der Waals surface area contributed by atoms with Crippen LogP contribution in [0.3, 0.4) is 0 Å². The fourth-order valence-electron chi connectivity index (χ4n) is 2.09. The Morgan fingerprint density at radius 3 is 2.37 bits per heavy atom. The molecular formula is C18H15FN4O2S2. The third-order valence-electron chi connectivity index (χ3n) is 3.36. The Bertz CT molecular complexity index is 943. The highest BCUT2D eigenvalue weighted by Crippen LogP contribution is 2.21. The lowest BCUT2D eigenvalue weighted by atomic mass is 10.2. The van der Waals surface area contributed by atoms with Crippen LogP contribution >= 0.6 is 23.1 Å². The van der Waals surface area contributed by atoms with Gasteiger partial charge in [-0.1, -0.05) is 11.3 Å². The van der Waals surface area contributed by atoms with Crippen molar-refractivity contribution in [2.75, 3.05) is 16.4 Å². The number of rotatable bonds is 6. The predicted molar refractivity (Wildman–Crippen MR) is 105 cm³/mol. The number of amides is 2. The number of nitrogens with zero attached hydrogens (tertiary/aromatic N) is 2. The van der Waals surface area contributed by atoms with E-state index in [-0.39, 0.29) is 17.6 Å². The van der Waals surface area contributed by atoms with E-state index >= 15 is 0 Å². The van der Waals surface area contributed by atoms with Crippen LogP contribution in [0.15, 0.2) is 53.4 Å². The van der Waals surface area contributed by atoms with Gasteiger partial charge in [-0.25, -0.2) is 4.39 Å². The van der Waals surface area contributed by atoms with Crippen LogP contribution in [0.5, 0.6) is 0 Å². The second-order valence-electron chi connectivity index (χ2n) is 5.45. The molecule has 2 amide bonds. The topological polar surface area (TPSA) is 84.0 Å². The first kappa shape index (κ1) is 19.0. The SMILES string of the molecule is Cc1nnc(NC(=O)CSc2ccc(NC(=O)c3ccc(F)cc3)cc2)s1. The van der Waals surface area contributed by atoms with Gasteiger partial charge in [0.15, 0.2) is 0 Å². The number of carbonyl (C=O) groups excluding carboxylic acids is 2. The molecular weight excluding hydrogens is 387 g/mol. The lowest BCUT2D eigenvalue weighted by molar-refractivity contribution is -0.113. The Morgan fingerprint density at radius 1 is 1.04 bits per heavy atom. The van der Waals surface area contributed by atoms with Gasteiger partial charge in [0, 0.05) is 16.1 Å². The summed E-state index contributed by atoms with van der Waals surface area (Å²) in [5, 5.41) is 14.4. The average Bonchev–Trinajstić information content (AvgIpc) is 3.06. The van der Waals surface area contributed by atoms with Crippen molar-refractivity contribution in [2.45, 2.75) is 11.8 Å². The van der Waals surface area contributed by atoms with Gasteiger partial charge in [0.25, 0.3) is 5.91 Å². The van der Waals surface area contributed by atoms with E-state index in [0.717, 1.165) is 9.90 Å². The molecule has 138 valence electrons. The summed E-state index contributed by atoms with van der Waals surface area (Å²) in [4.78, 5) is 24.9. The van der Waals surface area contributed by atoms with Crippen molar-refractivity contribution < 1.29 is 14.0 Å². The number of nitrogens with one attached hydrogen (secondary N) is 2. The molecule has 1 aromatic heterocycles. The molecule has 0 aliphatic rings. The van der Waals surface area contributed by atoms with Gasteiger partial charge in [0.05, 0.1) is 5.75 Å². The lowest BCUT2D eigenvalue weighted by Gasteiger charge is -2.07. The first-order valence-corrected chi connectivity index (χ1v) is 9.69. The summed E-state index contributed by atoms with van der Waals surface area (Å²) in [7, 11) is 0. The fraction of sp³-hybridized carbons (Fsp3) is 0.111. The number of carbonyl (C=O) groups is 2. The number of thioether (sulfide) groups is 1. The summed E-state index contributed by atoms with van der Waals surface area (Å²) < 4.78 is 12.9. The van der Waals surface area contributed by atoms with Gasteiger partial charge in [0.1, 0.15) is 10.8 Å². The van der Waals surface area contributed by atoms with Crippen LogP contribution in [0.25, 0.3) is 0 Å². The van der Waals surface area contributed by atoms with E-state index in [1.54, 1.807) is 12.1 Å². The Hall–Kier alpha value is -2.78. The quantitative estimate of drug-likeness (QED) is 0.610. The molecule has 3 aromatic rings. The predicted octanol–water partition coefficient (Wildman–Crippen LogP) is 3.97. The van der Waals surface area contributed by atoms with Gasteiger partial charge >= 0.3 is 0 Å². The van der Waals surface area contributed by atoms with E-state index in [1.165, 1.54) is 47.4 Å².